The normalized spacial score (nSPS) is 13.6. The number of rotatable bonds is 3. The van der Waals surface area contributed by atoms with Gasteiger partial charge in [-0.2, -0.15) is 13.2 Å². The van der Waals surface area contributed by atoms with Crippen molar-refractivity contribution in [2.24, 2.45) is 0 Å². The number of ether oxygens (including phenoxy) is 1. The predicted molar refractivity (Wildman–Crippen MR) is 50.8 cm³/mol. The highest BCUT2D eigenvalue weighted by Gasteiger charge is 2.41. The van der Waals surface area contributed by atoms with Crippen LogP contribution in [-0.4, -0.2) is 20.3 Å². The van der Waals surface area contributed by atoms with E-state index in [1.54, 1.807) is 0 Å². The van der Waals surface area contributed by atoms with E-state index in [1.807, 2.05) is 5.32 Å². The van der Waals surface area contributed by atoms with E-state index in [9.17, 15) is 22.0 Å². The van der Waals surface area contributed by atoms with Gasteiger partial charge in [0, 0.05) is 11.6 Å². The van der Waals surface area contributed by atoms with Crippen molar-refractivity contribution in [1.82, 2.24) is 5.32 Å². The number of hydrogen-bond acceptors (Lipinski definition) is 2. The minimum atomic E-state index is -4.71. The van der Waals surface area contributed by atoms with Gasteiger partial charge in [-0.05, 0) is 13.1 Å². The summed E-state index contributed by atoms with van der Waals surface area (Å²) in [6.07, 6.45) is -4.71. The van der Waals surface area contributed by atoms with Crippen LogP contribution < -0.4 is 10.1 Å². The van der Waals surface area contributed by atoms with E-state index in [2.05, 4.69) is 4.74 Å². The van der Waals surface area contributed by atoms with E-state index >= 15 is 0 Å². The Hall–Kier alpha value is -1.37. The van der Waals surface area contributed by atoms with Crippen LogP contribution in [-0.2, 0) is 0 Å². The van der Waals surface area contributed by atoms with Gasteiger partial charge in [0.05, 0.1) is 7.11 Å². The van der Waals surface area contributed by atoms with Crippen molar-refractivity contribution in [1.29, 1.82) is 0 Å². The third-order valence-electron chi connectivity index (χ3n) is 2.20. The lowest BCUT2D eigenvalue weighted by molar-refractivity contribution is -0.157. The minimum Gasteiger partial charge on any atom is -0.494 e. The van der Waals surface area contributed by atoms with Crippen LogP contribution in [0.4, 0.5) is 22.0 Å². The Kier molecular flexibility index (Phi) is 3.92. The molecule has 1 N–H and O–H groups in total. The Labute approximate surface area is 94.4 Å². The number of alkyl halides is 3. The standard InChI is InChI=1S/C10H10F5NO/c1-16-9(10(13,14)15)5-3-7(12)8(17-2)4-6(5)11/h3-4,9,16H,1-2H3. The smallest absolute Gasteiger partial charge is 0.408 e. The van der Waals surface area contributed by atoms with Gasteiger partial charge >= 0.3 is 6.18 Å². The molecule has 1 rings (SSSR count). The monoisotopic (exact) mass is 255 g/mol. The SMILES string of the molecule is CNC(c1cc(F)c(OC)cc1F)C(F)(F)F. The molecule has 1 atom stereocenters. The molecular formula is C10H10F5NO. The minimum absolute atomic E-state index is 0.441. The Morgan fingerprint density at radius 1 is 1.18 bits per heavy atom. The molecule has 2 nitrogen and oxygen atoms in total. The Bertz CT molecular complexity index is 404. The van der Waals surface area contributed by atoms with Gasteiger partial charge in [0.25, 0.3) is 0 Å². The van der Waals surface area contributed by atoms with Crippen molar-refractivity contribution in [3.05, 3.63) is 29.3 Å². The molecule has 0 amide bonds. The Morgan fingerprint density at radius 3 is 2.18 bits per heavy atom. The van der Waals surface area contributed by atoms with E-state index in [0.717, 1.165) is 14.2 Å². The second-order valence-corrected chi connectivity index (χ2v) is 3.27. The summed E-state index contributed by atoms with van der Waals surface area (Å²) in [7, 11) is 2.11. The fourth-order valence-corrected chi connectivity index (χ4v) is 1.42. The lowest BCUT2D eigenvalue weighted by Crippen LogP contribution is -2.32. The third-order valence-corrected chi connectivity index (χ3v) is 2.20. The highest BCUT2D eigenvalue weighted by atomic mass is 19.4. The molecule has 0 aromatic heterocycles. The van der Waals surface area contributed by atoms with Gasteiger partial charge in [-0.1, -0.05) is 0 Å². The molecule has 1 aromatic carbocycles. The lowest BCUT2D eigenvalue weighted by Gasteiger charge is -2.20. The van der Waals surface area contributed by atoms with Crippen LogP contribution in [0.15, 0.2) is 12.1 Å². The fourth-order valence-electron chi connectivity index (χ4n) is 1.42. The summed E-state index contributed by atoms with van der Waals surface area (Å²) in [5.74, 6) is -2.67. The summed E-state index contributed by atoms with van der Waals surface area (Å²) >= 11 is 0. The molecule has 0 bridgehead atoms. The average molecular weight is 255 g/mol. The Morgan fingerprint density at radius 2 is 1.76 bits per heavy atom. The maximum Gasteiger partial charge on any atom is 0.408 e. The number of methoxy groups -OCH3 is 1. The molecule has 1 aromatic rings. The quantitative estimate of drug-likeness (QED) is 0.838. The molecule has 0 spiro atoms. The van der Waals surface area contributed by atoms with Gasteiger partial charge in [0.15, 0.2) is 11.6 Å². The fraction of sp³-hybridized carbons (Fsp3) is 0.400. The van der Waals surface area contributed by atoms with Crippen LogP contribution in [0.3, 0.4) is 0 Å². The third kappa shape index (κ3) is 2.85. The van der Waals surface area contributed by atoms with Crippen LogP contribution in [0.25, 0.3) is 0 Å². The molecule has 0 aliphatic rings. The molecule has 0 fully saturated rings. The second-order valence-electron chi connectivity index (χ2n) is 3.27. The number of nitrogens with one attached hydrogen (secondary N) is 1. The van der Waals surface area contributed by atoms with E-state index in [1.165, 1.54) is 0 Å². The summed E-state index contributed by atoms with van der Waals surface area (Å²) in [6, 6.07) is -1.20. The molecule has 17 heavy (non-hydrogen) atoms. The van der Waals surface area contributed by atoms with E-state index < -0.39 is 35.2 Å². The van der Waals surface area contributed by atoms with E-state index in [4.69, 9.17) is 0 Å². The van der Waals surface area contributed by atoms with Crippen molar-refractivity contribution < 1.29 is 26.7 Å². The topological polar surface area (TPSA) is 21.3 Å². The van der Waals surface area contributed by atoms with E-state index in [0.29, 0.717) is 12.1 Å². The summed E-state index contributed by atoms with van der Waals surface area (Å²) in [5, 5.41) is 1.89. The van der Waals surface area contributed by atoms with Gasteiger partial charge in [-0.15, -0.1) is 0 Å². The van der Waals surface area contributed by atoms with Crippen molar-refractivity contribution in [2.75, 3.05) is 14.2 Å². The summed E-state index contributed by atoms with van der Waals surface area (Å²) in [4.78, 5) is 0. The first kappa shape index (κ1) is 13.7. The number of hydrogen-bond donors (Lipinski definition) is 1. The van der Waals surface area contributed by atoms with Gasteiger partial charge in [-0.3, -0.25) is 0 Å². The Balaban J connectivity index is 3.26. The van der Waals surface area contributed by atoms with Crippen molar-refractivity contribution >= 4 is 0 Å². The average Bonchev–Trinajstić information content (AvgIpc) is 2.21. The first-order chi connectivity index (χ1) is 7.81. The number of halogens is 5. The zero-order chi connectivity index (χ0) is 13.2. The molecule has 96 valence electrons. The molecule has 1 unspecified atom stereocenters. The number of benzene rings is 1. The van der Waals surface area contributed by atoms with Crippen LogP contribution in [0.1, 0.15) is 11.6 Å². The van der Waals surface area contributed by atoms with Gasteiger partial charge in [0.2, 0.25) is 0 Å². The van der Waals surface area contributed by atoms with Crippen molar-refractivity contribution in [3.8, 4) is 5.75 Å². The van der Waals surface area contributed by atoms with Gasteiger partial charge in [0.1, 0.15) is 11.9 Å². The zero-order valence-corrected chi connectivity index (χ0v) is 9.03. The lowest BCUT2D eigenvalue weighted by atomic mass is 10.1. The second kappa shape index (κ2) is 4.87. The first-order valence-electron chi connectivity index (χ1n) is 4.58. The first-order valence-corrected chi connectivity index (χ1v) is 4.58. The maximum atomic E-state index is 13.4. The molecular weight excluding hydrogens is 245 g/mol. The largest absolute Gasteiger partial charge is 0.494 e. The summed E-state index contributed by atoms with van der Waals surface area (Å²) < 4.78 is 68.6. The highest BCUT2D eigenvalue weighted by Crippen LogP contribution is 2.35. The molecule has 0 heterocycles. The molecule has 0 saturated heterocycles. The van der Waals surface area contributed by atoms with Crippen LogP contribution >= 0.6 is 0 Å². The predicted octanol–water partition coefficient (Wildman–Crippen LogP) is 2.80. The summed E-state index contributed by atoms with van der Waals surface area (Å²) in [5.41, 5.74) is -0.807. The van der Waals surface area contributed by atoms with Crippen LogP contribution in [0.2, 0.25) is 0 Å². The summed E-state index contributed by atoms with van der Waals surface area (Å²) in [6.45, 7) is 0. The maximum absolute atomic E-state index is 13.4. The molecule has 0 saturated carbocycles. The van der Waals surface area contributed by atoms with Crippen molar-refractivity contribution in [3.63, 3.8) is 0 Å². The molecule has 0 aliphatic heterocycles. The van der Waals surface area contributed by atoms with Gasteiger partial charge < -0.3 is 10.1 Å². The molecule has 0 aliphatic carbocycles. The van der Waals surface area contributed by atoms with E-state index in [-0.39, 0.29) is 0 Å². The van der Waals surface area contributed by atoms with Crippen molar-refractivity contribution in [2.45, 2.75) is 12.2 Å². The molecule has 0 radical (unpaired) electrons. The van der Waals surface area contributed by atoms with Crippen LogP contribution in [0.5, 0.6) is 5.75 Å². The van der Waals surface area contributed by atoms with Gasteiger partial charge in [-0.25, -0.2) is 8.78 Å². The highest BCUT2D eigenvalue weighted by molar-refractivity contribution is 5.33. The van der Waals surface area contributed by atoms with Crippen LogP contribution in [0, 0.1) is 11.6 Å². The molecule has 7 heteroatoms. The zero-order valence-electron chi connectivity index (χ0n) is 9.03.